The number of H-pyrrole nitrogens is 1. The Bertz CT molecular complexity index is 519. The van der Waals surface area contributed by atoms with E-state index in [1.165, 1.54) is 5.56 Å². The van der Waals surface area contributed by atoms with Gasteiger partial charge in [0.05, 0.1) is 18.5 Å². The molecule has 0 aliphatic rings. The summed E-state index contributed by atoms with van der Waals surface area (Å²) in [6, 6.07) is 9.99. The number of aryl methyl sites for hydroxylation is 1. The van der Waals surface area contributed by atoms with Gasteiger partial charge in [0, 0.05) is 11.2 Å². The average Bonchev–Trinajstić information content (AvgIpc) is 2.63. The van der Waals surface area contributed by atoms with Crippen LogP contribution < -0.4 is 5.73 Å². The summed E-state index contributed by atoms with van der Waals surface area (Å²) in [4.78, 5) is 3.27. The van der Waals surface area contributed by atoms with Crippen molar-refractivity contribution >= 4 is 10.9 Å². The second-order valence-corrected chi connectivity index (χ2v) is 3.73. The number of rotatable bonds is 2. The fraction of sp³-hybridized carbons (Fsp3) is 0.250. The van der Waals surface area contributed by atoms with Crippen LogP contribution in [0.2, 0.25) is 0 Å². The highest BCUT2D eigenvalue weighted by Gasteiger charge is 2.09. The number of nitriles is 1. The molecular weight excluding hydrogens is 186 g/mol. The number of nitrogens with one attached hydrogen (secondary N) is 1. The minimum atomic E-state index is -0.221. The summed E-state index contributed by atoms with van der Waals surface area (Å²) in [5.41, 5.74) is 9.11. The van der Waals surface area contributed by atoms with E-state index < -0.39 is 0 Å². The van der Waals surface area contributed by atoms with Crippen molar-refractivity contribution in [3.05, 3.63) is 35.5 Å². The van der Waals surface area contributed by atoms with E-state index in [0.717, 1.165) is 16.6 Å². The zero-order valence-corrected chi connectivity index (χ0v) is 8.62. The summed E-state index contributed by atoms with van der Waals surface area (Å²) in [5.74, 6) is 0. The first-order valence-electron chi connectivity index (χ1n) is 4.93. The highest BCUT2D eigenvalue weighted by molar-refractivity contribution is 5.83. The third-order valence-corrected chi connectivity index (χ3v) is 2.60. The van der Waals surface area contributed by atoms with Gasteiger partial charge in [-0.2, -0.15) is 5.26 Å². The van der Waals surface area contributed by atoms with Gasteiger partial charge in [-0.3, -0.25) is 0 Å². The van der Waals surface area contributed by atoms with Crippen LogP contribution in [-0.4, -0.2) is 4.98 Å². The van der Waals surface area contributed by atoms with Gasteiger partial charge in [-0.25, -0.2) is 0 Å². The van der Waals surface area contributed by atoms with Crippen LogP contribution in [0.5, 0.6) is 0 Å². The lowest BCUT2D eigenvalue weighted by atomic mass is 10.1. The van der Waals surface area contributed by atoms with Gasteiger partial charge in [0.1, 0.15) is 0 Å². The van der Waals surface area contributed by atoms with Crippen molar-refractivity contribution in [3.63, 3.8) is 0 Å². The second kappa shape index (κ2) is 3.76. The molecule has 3 N–H and O–H groups in total. The molecule has 1 atom stereocenters. The van der Waals surface area contributed by atoms with Gasteiger partial charge in [0.25, 0.3) is 0 Å². The van der Waals surface area contributed by atoms with E-state index in [4.69, 9.17) is 11.0 Å². The van der Waals surface area contributed by atoms with Crippen molar-refractivity contribution in [1.29, 1.82) is 5.26 Å². The first kappa shape index (κ1) is 9.75. The molecule has 1 aromatic carbocycles. The molecule has 0 amide bonds. The molecule has 3 nitrogen and oxygen atoms in total. The summed E-state index contributed by atoms with van der Waals surface area (Å²) in [6.45, 7) is 2.05. The Morgan fingerprint density at radius 3 is 3.00 bits per heavy atom. The molecule has 0 fully saturated rings. The number of nitrogens with zero attached hydrogens (tertiary/aromatic N) is 1. The van der Waals surface area contributed by atoms with Crippen LogP contribution in [-0.2, 0) is 0 Å². The van der Waals surface area contributed by atoms with E-state index in [0.29, 0.717) is 6.42 Å². The molecular formula is C12H13N3. The standard InChI is InChI=1S/C12H13N3/c1-8-3-2-4-9-7-11(15-12(8)9)10(14)5-6-13/h2-4,7,10,15H,5,14H2,1H3/t10-/m1/s1. The smallest absolute Gasteiger partial charge is 0.0642 e. The lowest BCUT2D eigenvalue weighted by Gasteiger charge is -2.02. The zero-order chi connectivity index (χ0) is 10.8. The molecule has 76 valence electrons. The maximum absolute atomic E-state index is 8.58. The number of aromatic amines is 1. The van der Waals surface area contributed by atoms with Crippen LogP contribution in [0.4, 0.5) is 0 Å². The molecule has 0 saturated carbocycles. The first-order valence-corrected chi connectivity index (χ1v) is 4.93. The minimum Gasteiger partial charge on any atom is -0.357 e. The molecule has 0 radical (unpaired) electrons. The Morgan fingerprint density at radius 2 is 2.33 bits per heavy atom. The van der Waals surface area contributed by atoms with E-state index in [2.05, 4.69) is 24.0 Å². The topological polar surface area (TPSA) is 65.6 Å². The van der Waals surface area contributed by atoms with E-state index >= 15 is 0 Å². The number of benzene rings is 1. The normalized spacial score (nSPS) is 12.6. The summed E-state index contributed by atoms with van der Waals surface area (Å²) in [7, 11) is 0. The maximum Gasteiger partial charge on any atom is 0.0642 e. The zero-order valence-electron chi connectivity index (χ0n) is 8.62. The van der Waals surface area contributed by atoms with Crippen LogP contribution in [0.15, 0.2) is 24.3 Å². The number of para-hydroxylation sites is 1. The SMILES string of the molecule is Cc1cccc2cc([C@H](N)CC#N)[nH]c12. The summed E-state index contributed by atoms with van der Waals surface area (Å²) in [6.07, 6.45) is 0.339. The van der Waals surface area contributed by atoms with Gasteiger partial charge in [0.2, 0.25) is 0 Å². The van der Waals surface area contributed by atoms with Crippen molar-refractivity contribution in [2.75, 3.05) is 0 Å². The van der Waals surface area contributed by atoms with Crippen molar-refractivity contribution < 1.29 is 0 Å². The number of hydrogen-bond donors (Lipinski definition) is 2. The van der Waals surface area contributed by atoms with Gasteiger partial charge < -0.3 is 10.7 Å². The van der Waals surface area contributed by atoms with Crippen LogP contribution in [0.1, 0.15) is 23.7 Å². The lowest BCUT2D eigenvalue weighted by Crippen LogP contribution is -2.09. The molecule has 2 rings (SSSR count). The van der Waals surface area contributed by atoms with Gasteiger partial charge in [-0.05, 0) is 23.9 Å². The van der Waals surface area contributed by atoms with E-state index in [9.17, 15) is 0 Å². The minimum absolute atomic E-state index is 0.221. The molecule has 0 spiro atoms. The summed E-state index contributed by atoms with van der Waals surface area (Å²) >= 11 is 0. The monoisotopic (exact) mass is 199 g/mol. The molecule has 0 aliphatic carbocycles. The Morgan fingerprint density at radius 1 is 1.53 bits per heavy atom. The van der Waals surface area contributed by atoms with E-state index in [1.54, 1.807) is 0 Å². The molecule has 0 unspecified atom stereocenters. The molecule has 3 heteroatoms. The number of fused-ring (bicyclic) bond motifs is 1. The van der Waals surface area contributed by atoms with Gasteiger partial charge in [-0.15, -0.1) is 0 Å². The van der Waals surface area contributed by atoms with E-state index in [1.807, 2.05) is 18.2 Å². The summed E-state index contributed by atoms with van der Waals surface area (Å²) < 4.78 is 0. The molecule has 1 aromatic heterocycles. The van der Waals surface area contributed by atoms with Crippen LogP contribution in [0.25, 0.3) is 10.9 Å². The number of nitrogens with two attached hydrogens (primary N) is 1. The van der Waals surface area contributed by atoms with Crippen LogP contribution in [0, 0.1) is 18.3 Å². The summed E-state index contributed by atoms with van der Waals surface area (Å²) in [5, 5.41) is 9.73. The van der Waals surface area contributed by atoms with Crippen LogP contribution in [0.3, 0.4) is 0 Å². The molecule has 1 heterocycles. The third-order valence-electron chi connectivity index (χ3n) is 2.60. The first-order chi connectivity index (χ1) is 7.22. The highest BCUT2D eigenvalue weighted by atomic mass is 14.8. The number of aromatic nitrogens is 1. The van der Waals surface area contributed by atoms with Crippen molar-refractivity contribution in [1.82, 2.24) is 4.98 Å². The Balaban J connectivity index is 2.48. The molecule has 15 heavy (non-hydrogen) atoms. The van der Waals surface area contributed by atoms with Crippen molar-refractivity contribution in [2.45, 2.75) is 19.4 Å². The Hall–Kier alpha value is -1.79. The predicted molar refractivity (Wildman–Crippen MR) is 60.2 cm³/mol. The maximum atomic E-state index is 8.58. The fourth-order valence-corrected chi connectivity index (χ4v) is 1.74. The molecule has 0 saturated heterocycles. The largest absolute Gasteiger partial charge is 0.357 e. The predicted octanol–water partition coefficient (Wildman–Crippen LogP) is 2.39. The Labute approximate surface area is 88.5 Å². The van der Waals surface area contributed by atoms with Crippen LogP contribution >= 0.6 is 0 Å². The quantitative estimate of drug-likeness (QED) is 0.779. The van der Waals surface area contributed by atoms with Crippen molar-refractivity contribution in [2.24, 2.45) is 5.73 Å². The fourth-order valence-electron chi connectivity index (χ4n) is 1.74. The Kier molecular flexibility index (Phi) is 2.44. The average molecular weight is 199 g/mol. The van der Waals surface area contributed by atoms with Gasteiger partial charge in [0.15, 0.2) is 0 Å². The molecule has 0 bridgehead atoms. The second-order valence-electron chi connectivity index (χ2n) is 3.73. The van der Waals surface area contributed by atoms with Gasteiger partial charge >= 0.3 is 0 Å². The third kappa shape index (κ3) is 1.72. The van der Waals surface area contributed by atoms with E-state index in [-0.39, 0.29) is 6.04 Å². The highest BCUT2D eigenvalue weighted by Crippen LogP contribution is 2.22. The lowest BCUT2D eigenvalue weighted by molar-refractivity contribution is 0.728. The van der Waals surface area contributed by atoms with Crippen molar-refractivity contribution in [3.8, 4) is 6.07 Å². The molecule has 2 aromatic rings. The molecule has 0 aliphatic heterocycles. The number of hydrogen-bond acceptors (Lipinski definition) is 2. The van der Waals surface area contributed by atoms with Gasteiger partial charge in [-0.1, -0.05) is 18.2 Å².